The highest BCUT2D eigenvalue weighted by molar-refractivity contribution is 6.32. The average molecular weight is 1450 g/mol. The maximum atomic E-state index is 11.9. The van der Waals surface area contributed by atoms with Gasteiger partial charge in [0, 0.05) is 90.5 Å². The van der Waals surface area contributed by atoms with Gasteiger partial charge in [0.1, 0.15) is 23.0 Å². The van der Waals surface area contributed by atoms with E-state index in [1.165, 1.54) is 104 Å². The fourth-order valence-corrected chi connectivity index (χ4v) is 10.7. The van der Waals surface area contributed by atoms with Crippen molar-refractivity contribution in [1.82, 2.24) is 0 Å². The Labute approximate surface area is 621 Å². The van der Waals surface area contributed by atoms with E-state index in [0.29, 0.717) is 62.8 Å². The third-order valence-corrected chi connectivity index (χ3v) is 15.9. The van der Waals surface area contributed by atoms with E-state index in [9.17, 15) is 67.1 Å². The molecule has 8 aromatic rings. The highest BCUT2D eigenvalue weighted by Crippen LogP contribution is 2.36. The summed E-state index contributed by atoms with van der Waals surface area (Å²) in [7, 11) is 0. The maximum absolute atomic E-state index is 11.9. The molecule has 7 heterocycles. The molecule has 23 heteroatoms. The number of ether oxygens (including phenoxy) is 2. The summed E-state index contributed by atoms with van der Waals surface area (Å²) in [5, 5.41) is 0. The largest absolute Gasteiger partial charge is 0.457 e. The lowest BCUT2D eigenvalue weighted by Crippen LogP contribution is -2.31. The Morgan fingerprint density at radius 3 is 0.565 bits per heavy atom. The van der Waals surface area contributed by atoms with Crippen molar-refractivity contribution in [2.45, 2.75) is 59.8 Å². The van der Waals surface area contributed by atoms with E-state index < -0.39 is 23.6 Å². The first-order valence-corrected chi connectivity index (χ1v) is 33.9. The van der Waals surface area contributed by atoms with Crippen LogP contribution in [0, 0.1) is 0 Å². The first kappa shape index (κ1) is 77.7. The Balaban J connectivity index is 0.000000170. The predicted molar refractivity (Wildman–Crippen MR) is 407 cm³/mol. The zero-order valence-electron chi connectivity index (χ0n) is 59.4. The summed E-state index contributed by atoms with van der Waals surface area (Å²) in [6.45, 7) is 12.8. The zero-order chi connectivity index (χ0) is 77.6. The number of nitrogens with zero attached hydrogens (tertiary/aromatic N) is 7. The SMILES string of the molecule is CC(C)(c1ccc(Oc2ccc(N3C(=O)C=CC3=O)cc2)cc1)c1ccc(Oc2ccc(N3C(=O)C=CC3=O)cc2)cc1.CCC.CCC.O=C1C=CC(=O)N1c1cccc(N2C(=O)C=CC2=O)c1.O=C1C=CC(=O)N1c1ccccc1.O=C1C=CC(=O)N1c1ccccc1.O=C1C=CC(=O)N1c1ccccc1. The van der Waals surface area contributed by atoms with Crippen LogP contribution in [0.25, 0.3) is 0 Å². The molecule has 0 fully saturated rings. The minimum absolute atomic E-state index is 0.281. The molecule has 0 saturated heterocycles. The van der Waals surface area contributed by atoms with Gasteiger partial charge in [0.25, 0.3) is 82.7 Å². The van der Waals surface area contributed by atoms with Crippen LogP contribution in [-0.2, 0) is 72.5 Å². The summed E-state index contributed by atoms with van der Waals surface area (Å²) in [6.07, 6.45) is 19.8. The molecule has 0 aromatic heterocycles. The van der Waals surface area contributed by atoms with Gasteiger partial charge in [0.2, 0.25) is 0 Å². The molecule has 0 N–H and O–H groups in total. The van der Waals surface area contributed by atoms with Crippen molar-refractivity contribution < 1.29 is 76.6 Å². The van der Waals surface area contributed by atoms with Crippen LogP contribution < -0.4 is 43.8 Å². The highest BCUT2D eigenvalue weighted by Gasteiger charge is 2.32. The molecule has 0 atom stereocenters. The second-order valence-electron chi connectivity index (χ2n) is 24.2. The van der Waals surface area contributed by atoms with Crippen LogP contribution >= 0.6 is 0 Å². The van der Waals surface area contributed by atoms with Gasteiger partial charge in [-0.1, -0.05) is 139 Å². The number of benzene rings is 8. The average Bonchev–Trinajstić information content (AvgIpc) is 0.918. The van der Waals surface area contributed by atoms with Gasteiger partial charge in [-0.2, -0.15) is 0 Å². The van der Waals surface area contributed by atoms with Crippen molar-refractivity contribution in [3.8, 4) is 23.0 Å². The number of carbonyl (C=O) groups excluding carboxylic acids is 14. The predicted octanol–water partition coefficient (Wildman–Crippen LogP) is 13.2. The molecule has 542 valence electrons. The molecule has 0 saturated carbocycles. The number of carbonyl (C=O) groups is 14. The third-order valence-electron chi connectivity index (χ3n) is 15.9. The van der Waals surface area contributed by atoms with Crippen molar-refractivity contribution in [2.75, 3.05) is 34.3 Å². The van der Waals surface area contributed by atoms with Gasteiger partial charge in [-0.25, -0.2) is 34.3 Å². The second-order valence-corrected chi connectivity index (χ2v) is 24.2. The standard InChI is InChI=1S/C35H26N2O6.C14H8N2O4.3C10H7NO2.2C3H8/c1-35(2,23-3-11-27(12-4-23)42-29-15-7-25(8-16-29)36-31(38)19-20-32(36)39)24-5-13-28(14-6-24)43-30-17-9-26(10-18-30)37-33(40)21-22-34(37)41;17-11-4-5-12(18)15(11)9-2-1-3-10(8-9)16-13(19)6-7-14(16)20;3*12-9-6-7-10(13)11(9)8-4-2-1-3-5-8;2*1-3-2/h3-22H,1-2H3;1-8H;3*1-7H;2*3H2,1-2H3. The molecule has 23 nitrogen and oxygen atoms in total. The number of imide groups is 7. The van der Waals surface area contributed by atoms with Crippen LogP contribution in [0.3, 0.4) is 0 Å². The summed E-state index contributed by atoms with van der Waals surface area (Å²) in [5.41, 5.74) is 5.34. The second kappa shape index (κ2) is 36.1. The summed E-state index contributed by atoms with van der Waals surface area (Å²) in [6, 6.07) is 62.0. The fourth-order valence-electron chi connectivity index (χ4n) is 10.7. The summed E-state index contributed by atoms with van der Waals surface area (Å²) < 4.78 is 12.0. The van der Waals surface area contributed by atoms with Crippen LogP contribution in [0.4, 0.5) is 39.8 Å². The number of para-hydroxylation sites is 3. The third kappa shape index (κ3) is 19.0. The van der Waals surface area contributed by atoms with Crippen molar-refractivity contribution in [3.63, 3.8) is 0 Å². The van der Waals surface area contributed by atoms with Crippen LogP contribution in [0.15, 0.2) is 297 Å². The Kier molecular flexibility index (Phi) is 26.0. The van der Waals surface area contributed by atoms with Gasteiger partial charge in [-0.05, 0) is 139 Å². The molecule has 7 aliphatic heterocycles. The molecule has 0 radical (unpaired) electrons. The van der Waals surface area contributed by atoms with Crippen LogP contribution in [0.1, 0.15) is 65.5 Å². The molecular weight excluding hydrogens is 1370 g/mol. The smallest absolute Gasteiger partial charge is 0.258 e. The fraction of sp³-hybridized carbons (Fsp3) is 0.106. The van der Waals surface area contributed by atoms with Gasteiger partial charge in [-0.15, -0.1) is 0 Å². The minimum atomic E-state index is -0.454. The van der Waals surface area contributed by atoms with E-state index in [4.69, 9.17) is 9.47 Å². The van der Waals surface area contributed by atoms with Gasteiger partial charge in [0.05, 0.1) is 39.8 Å². The minimum Gasteiger partial charge on any atom is -0.457 e. The van der Waals surface area contributed by atoms with Gasteiger partial charge >= 0.3 is 0 Å². The van der Waals surface area contributed by atoms with E-state index in [2.05, 4.69) is 41.5 Å². The zero-order valence-corrected chi connectivity index (χ0v) is 59.4. The molecule has 0 aliphatic carbocycles. The Morgan fingerprint density at radius 2 is 0.370 bits per heavy atom. The molecule has 14 amide bonds. The van der Waals surface area contributed by atoms with Crippen molar-refractivity contribution in [3.05, 3.63) is 309 Å². The van der Waals surface area contributed by atoms with Crippen LogP contribution in [-0.4, -0.2) is 82.7 Å². The first-order chi connectivity index (χ1) is 52.0. The Morgan fingerprint density at radius 1 is 0.213 bits per heavy atom. The summed E-state index contributed by atoms with van der Waals surface area (Å²) >= 11 is 0. The van der Waals surface area contributed by atoms with E-state index in [-0.39, 0.29) is 64.5 Å². The van der Waals surface area contributed by atoms with E-state index in [1.807, 2.05) is 66.7 Å². The van der Waals surface area contributed by atoms with Crippen LogP contribution in [0.2, 0.25) is 0 Å². The molecule has 0 unspecified atom stereocenters. The van der Waals surface area contributed by atoms with E-state index in [1.54, 1.807) is 140 Å². The molecule has 108 heavy (non-hydrogen) atoms. The van der Waals surface area contributed by atoms with Gasteiger partial charge in [0.15, 0.2) is 0 Å². The van der Waals surface area contributed by atoms with Crippen LogP contribution in [0.5, 0.6) is 23.0 Å². The Bertz CT molecular complexity index is 4500. The monoisotopic (exact) mass is 1450 g/mol. The van der Waals surface area contributed by atoms with Crippen molar-refractivity contribution >= 4 is 123 Å². The molecule has 7 aliphatic rings. The lowest BCUT2D eigenvalue weighted by atomic mass is 9.78. The van der Waals surface area contributed by atoms with Gasteiger partial charge in [-0.3, -0.25) is 67.1 Å². The van der Waals surface area contributed by atoms with E-state index in [0.717, 1.165) is 45.4 Å². The normalized spacial score (nSPS) is 15.1. The maximum Gasteiger partial charge on any atom is 0.258 e. The van der Waals surface area contributed by atoms with E-state index >= 15 is 0 Å². The number of amides is 14. The number of rotatable bonds is 13. The molecule has 15 rings (SSSR count). The van der Waals surface area contributed by atoms with Gasteiger partial charge < -0.3 is 9.47 Å². The highest BCUT2D eigenvalue weighted by atomic mass is 16.5. The molecule has 8 aromatic carbocycles. The molecule has 0 bridgehead atoms. The summed E-state index contributed by atoms with van der Waals surface area (Å²) in [5.74, 6) is -2.46. The molecule has 0 spiro atoms. The topological polar surface area (TPSA) is 280 Å². The number of hydrogen-bond donors (Lipinski definition) is 0. The quantitative estimate of drug-likeness (QED) is 0.0970. The number of hydrogen-bond acceptors (Lipinski definition) is 16. The lowest BCUT2D eigenvalue weighted by molar-refractivity contribution is -0.121. The molecular formula is C85H71N7O16. The summed E-state index contributed by atoms with van der Waals surface area (Å²) in [4.78, 5) is 169. The number of anilines is 7. The van der Waals surface area contributed by atoms with Crippen molar-refractivity contribution in [2.24, 2.45) is 0 Å². The first-order valence-electron chi connectivity index (χ1n) is 33.9. The Hall–Kier alpha value is -14.5. The lowest BCUT2D eigenvalue weighted by Gasteiger charge is -2.26. The van der Waals surface area contributed by atoms with Crippen molar-refractivity contribution in [1.29, 1.82) is 0 Å².